The Labute approximate surface area is 107 Å². The predicted octanol–water partition coefficient (Wildman–Crippen LogP) is 2.79. The summed E-state index contributed by atoms with van der Waals surface area (Å²) >= 11 is 0. The van der Waals surface area contributed by atoms with Crippen molar-refractivity contribution in [2.45, 2.75) is 37.8 Å². The van der Waals surface area contributed by atoms with Gasteiger partial charge in [-0.15, -0.1) is 0 Å². The number of hydrogen-bond acceptors (Lipinski definition) is 3. The normalized spacial score (nSPS) is 21.6. The lowest BCUT2D eigenvalue weighted by atomic mass is 9.96. The summed E-state index contributed by atoms with van der Waals surface area (Å²) in [5, 5.41) is 0. The van der Waals surface area contributed by atoms with Crippen LogP contribution in [-0.2, 0) is 4.74 Å². The second-order valence-corrected chi connectivity index (χ2v) is 4.72. The topological polar surface area (TPSA) is 44.5 Å². The highest BCUT2D eigenvalue weighted by Crippen LogP contribution is 2.29. The molecule has 1 heterocycles. The Morgan fingerprint density at radius 3 is 3.00 bits per heavy atom. The Morgan fingerprint density at radius 2 is 2.33 bits per heavy atom. The molecule has 0 amide bonds. The van der Waals surface area contributed by atoms with Crippen LogP contribution in [0.15, 0.2) is 18.2 Å². The molecule has 1 saturated heterocycles. The van der Waals surface area contributed by atoms with E-state index in [1.807, 2.05) is 0 Å². The summed E-state index contributed by atoms with van der Waals surface area (Å²) in [6, 6.07) is 4.20. The van der Waals surface area contributed by atoms with Crippen molar-refractivity contribution < 1.29 is 13.9 Å². The van der Waals surface area contributed by atoms with Crippen molar-refractivity contribution >= 4 is 0 Å². The van der Waals surface area contributed by atoms with Crippen LogP contribution in [0.25, 0.3) is 0 Å². The molecule has 2 rings (SSSR count). The lowest BCUT2D eigenvalue weighted by Crippen LogP contribution is -2.25. The van der Waals surface area contributed by atoms with E-state index < -0.39 is 0 Å². The first kappa shape index (κ1) is 13.3. The van der Waals surface area contributed by atoms with E-state index in [1.54, 1.807) is 13.2 Å². The number of halogens is 1. The minimum Gasteiger partial charge on any atom is -0.496 e. The maximum Gasteiger partial charge on any atom is 0.123 e. The Kier molecular flexibility index (Phi) is 4.55. The van der Waals surface area contributed by atoms with Crippen LogP contribution in [0.5, 0.6) is 5.75 Å². The Bertz CT molecular complexity index is 391. The fraction of sp³-hybridized carbons (Fsp3) is 0.571. The van der Waals surface area contributed by atoms with Gasteiger partial charge in [0.05, 0.1) is 13.2 Å². The molecular weight excluding hydrogens is 233 g/mol. The molecule has 1 aliphatic heterocycles. The van der Waals surface area contributed by atoms with Crippen LogP contribution in [0.2, 0.25) is 0 Å². The zero-order chi connectivity index (χ0) is 13.0. The van der Waals surface area contributed by atoms with Crippen LogP contribution in [0.3, 0.4) is 0 Å². The summed E-state index contributed by atoms with van der Waals surface area (Å²) in [5.74, 6) is 0.352. The highest BCUT2D eigenvalue weighted by atomic mass is 19.1. The molecule has 0 spiro atoms. The third kappa shape index (κ3) is 3.21. The highest BCUT2D eigenvalue weighted by molar-refractivity contribution is 5.36. The molecule has 2 N–H and O–H groups in total. The number of rotatable bonds is 4. The quantitative estimate of drug-likeness (QED) is 0.897. The maximum atomic E-state index is 13.3. The van der Waals surface area contributed by atoms with Gasteiger partial charge in [-0.2, -0.15) is 0 Å². The van der Waals surface area contributed by atoms with Crippen molar-refractivity contribution in [3.8, 4) is 5.75 Å². The number of ether oxygens (including phenoxy) is 2. The van der Waals surface area contributed by atoms with Gasteiger partial charge in [0.25, 0.3) is 0 Å². The average Bonchev–Trinajstić information content (AvgIpc) is 2.40. The molecule has 0 radical (unpaired) electrons. The summed E-state index contributed by atoms with van der Waals surface area (Å²) in [4.78, 5) is 0. The zero-order valence-electron chi connectivity index (χ0n) is 10.7. The van der Waals surface area contributed by atoms with Crippen molar-refractivity contribution in [1.29, 1.82) is 0 Å². The van der Waals surface area contributed by atoms with Crippen LogP contribution < -0.4 is 10.5 Å². The van der Waals surface area contributed by atoms with Gasteiger partial charge < -0.3 is 15.2 Å². The molecule has 0 bridgehead atoms. The van der Waals surface area contributed by atoms with Crippen LogP contribution >= 0.6 is 0 Å². The molecule has 1 fully saturated rings. The van der Waals surface area contributed by atoms with Gasteiger partial charge in [-0.1, -0.05) is 0 Å². The molecule has 1 aliphatic rings. The molecule has 4 heteroatoms. The molecule has 0 aromatic heterocycles. The number of hydrogen-bond donors (Lipinski definition) is 1. The van der Waals surface area contributed by atoms with E-state index in [2.05, 4.69) is 0 Å². The lowest BCUT2D eigenvalue weighted by Gasteiger charge is -2.26. The van der Waals surface area contributed by atoms with Gasteiger partial charge in [0.2, 0.25) is 0 Å². The molecule has 0 saturated carbocycles. The van der Waals surface area contributed by atoms with E-state index in [0.29, 0.717) is 17.7 Å². The lowest BCUT2D eigenvalue weighted by molar-refractivity contribution is 0.00718. The standard InChI is InChI=1S/C14H20FNO2/c1-17-14-6-5-10(15)8-12(14)13(16)9-11-4-2-3-7-18-11/h5-6,8,11,13H,2-4,7,9,16H2,1H3. The number of methoxy groups -OCH3 is 1. The van der Waals surface area contributed by atoms with E-state index in [1.165, 1.54) is 18.6 Å². The first-order valence-corrected chi connectivity index (χ1v) is 6.41. The smallest absolute Gasteiger partial charge is 0.123 e. The highest BCUT2D eigenvalue weighted by Gasteiger charge is 2.20. The first-order chi connectivity index (χ1) is 8.70. The largest absolute Gasteiger partial charge is 0.496 e. The fourth-order valence-corrected chi connectivity index (χ4v) is 2.40. The van der Waals surface area contributed by atoms with Crippen molar-refractivity contribution in [2.75, 3.05) is 13.7 Å². The molecule has 18 heavy (non-hydrogen) atoms. The molecule has 100 valence electrons. The van der Waals surface area contributed by atoms with E-state index in [-0.39, 0.29) is 18.0 Å². The molecule has 2 unspecified atom stereocenters. The summed E-state index contributed by atoms with van der Waals surface area (Å²) in [7, 11) is 1.57. The Morgan fingerprint density at radius 1 is 1.50 bits per heavy atom. The minimum absolute atomic E-state index is 0.182. The van der Waals surface area contributed by atoms with Crippen molar-refractivity contribution in [3.05, 3.63) is 29.6 Å². The summed E-state index contributed by atoms with van der Waals surface area (Å²) in [5.41, 5.74) is 6.86. The Hall–Kier alpha value is -1.13. The molecule has 3 nitrogen and oxygen atoms in total. The third-order valence-corrected chi connectivity index (χ3v) is 3.38. The number of benzene rings is 1. The minimum atomic E-state index is -0.286. The van der Waals surface area contributed by atoms with Crippen molar-refractivity contribution in [2.24, 2.45) is 5.73 Å². The molecule has 0 aliphatic carbocycles. The number of nitrogens with two attached hydrogens (primary N) is 1. The molecule has 1 aromatic rings. The second-order valence-electron chi connectivity index (χ2n) is 4.72. The van der Waals surface area contributed by atoms with Gasteiger partial charge in [-0.25, -0.2) is 4.39 Å². The van der Waals surface area contributed by atoms with Crippen LogP contribution in [-0.4, -0.2) is 19.8 Å². The third-order valence-electron chi connectivity index (χ3n) is 3.38. The van der Waals surface area contributed by atoms with Crippen molar-refractivity contribution in [1.82, 2.24) is 0 Å². The predicted molar refractivity (Wildman–Crippen MR) is 68.1 cm³/mol. The molecule has 2 atom stereocenters. The molecular formula is C14H20FNO2. The van der Waals surface area contributed by atoms with Crippen LogP contribution in [0, 0.1) is 5.82 Å². The summed E-state index contributed by atoms with van der Waals surface area (Å²) in [6.07, 6.45) is 4.22. The summed E-state index contributed by atoms with van der Waals surface area (Å²) < 4.78 is 24.2. The van der Waals surface area contributed by atoms with Crippen LogP contribution in [0.4, 0.5) is 4.39 Å². The zero-order valence-corrected chi connectivity index (χ0v) is 10.7. The SMILES string of the molecule is COc1ccc(F)cc1C(N)CC1CCCCO1. The van der Waals surface area contributed by atoms with Crippen molar-refractivity contribution in [3.63, 3.8) is 0 Å². The molecule has 1 aromatic carbocycles. The van der Waals surface area contributed by atoms with E-state index >= 15 is 0 Å². The van der Waals surface area contributed by atoms with Gasteiger partial charge in [0.15, 0.2) is 0 Å². The monoisotopic (exact) mass is 253 g/mol. The second kappa shape index (κ2) is 6.16. The van der Waals surface area contributed by atoms with Gasteiger partial charge in [-0.05, 0) is 43.9 Å². The van der Waals surface area contributed by atoms with E-state index in [9.17, 15) is 4.39 Å². The van der Waals surface area contributed by atoms with Gasteiger partial charge in [-0.3, -0.25) is 0 Å². The van der Waals surface area contributed by atoms with Gasteiger partial charge in [0.1, 0.15) is 11.6 Å². The van der Waals surface area contributed by atoms with E-state index in [4.69, 9.17) is 15.2 Å². The van der Waals surface area contributed by atoms with Gasteiger partial charge >= 0.3 is 0 Å². The average molecular weight is 253 g/mol. The summed E-state index contributed by atoms with van der Waals surface area (Å²) in [6.45, 7) is 0.803. The maximum absolute atomic E-state index is 13.3. The van der Waals surface area contributed by atoms with E-state index in [0.717, 1.165) is 19.4 Å². The van der Waals surface area contributed by atoms with Gasteiger partial charge in [0, 0.05) is 18.2 Å². The van der Waals surface area contributed by atoms with Crippen LogP contribution in [0.1, 0.15) is 37.3 Å². The Balaban J connectivity index is 2.07. The first-order valence-electron chi connectivity index (χ1n) is 6.41. The fourth-order valence-electron chi connectivity index (χ4n) is 2.40.